The molecule has 0 aromatic carbocycles. The molecule has 1 fully saturated rings. The summed E-state index contributed by atoms with van der Waals surface area (Å²) in [5.41, 5.74) is 0.875. The fourth-order valence-electron chi connectivity index (χ4n) is 2.41. The minimum absolute atomic E-state index is 0. The van der Waals surface area contributed by atoms with Gasteiger partial charge in [0.05, 0.1) is 16.3 Å². The Kier molecular flexibility index (Phi) is 7.42. The normalized spacial score (nSPS) is 17.5. The van der Waals surface area contributed by atoms with Gasteiger partial charge >= 0.3 is 0 Å². The van der Waals surface area contributed by atoms with E-state index in [-0.39, 0.29) is 24.4 Å². The van der Waals surface area contributed by atoms with Gasteiger partial charge in [0.1, 0.15) is 0 Å². The first-order valence-electron chi connectivity index (χ1n) is 7.38. The van der Waals surface area contributed by atoms with E-state index < -0.39 is 0 Å². The molecule has 3 heterocycles. The maximum Gasteiger partial charge on any atom is 0.230 e. The lowest BCUT2D eigenvalue weighted by Crippen LogP contribution is -2.46. The summed E-state index contributed by atoms with van der Waals surface area (Å²) in [5.74, 6) is 2.03. The molecule has 2 aromatic heterocycles. The van der Waals surface area contributed by atoms with Crippen LogP contribution in [0.3, 0.4) is 0 Å². The molecule has 8 heteroatoms. The van der Waals surface area contributed by atoms with E-state index in [4.69, 9.17) is 4.52 Å². The van der Waals surface area contributed by atoms with Crippen molar-refractivity contribution in [2.24, 2.45) is 0 Å². The second kappa shape index (κ2) is 9.32. The van der Waals surface area contributed by atoms with Crippen LogP contribution in [0, 0.1) is 0 Å². The molecule has 1 saturated heterocycles. The number of halogens is 1. The lowest BCUT2D eigenvalue weighted by atomic mass is 10.1. The zero-order valence-corrected chi connectivity index (χ0v) is 15.1. The highest BCUT2D eigenvalue weighted by Gasteiger charge is 2.15. The van der Waals surface area contributed by atoms with Crippen LogP contribution in [0.2, 0.25) is 0 Å². The summed E-state index contributed by atoms with van der Waals surface area (Å²) >= 11 is 3.19. The standard InChI is InChI=1S/C15H19N3O2S2.ClH/c19-15(17-11-3-1-5-16-8-11)10-21-9-12-7-13(20-18-12)14-4-2-6-22-14;/h2,4,6-7,11,16H,1,3,5,8-10H2,(H,17,19);1H/t11-;/m0./s1. The highest BCUT2D eigenvalue weighted by molar-refractivity contribution is 7.99. The van der Waals surface area contributed by atoms with Crippen LogP contribution in [-0.4, -0.2) is 35.9 Å². The average Bonchev–Trinajstić information content (AvgIpc) is 3.19. The van der Waals surface area contributed by atoms with Crippen LogP contribution in [0.1, 0.15) is 18.5 Å². The molecule has 1 aliphatic heterocycles. The Bertz CT molecular complexity index is 598. The summed E-state index contributed by atoms with van der Waals surface area (Å²) in [5, 5.41) is 12.4. The molecule has 0 saturated carbocycles. The molecule has 2 aromatic rings. The van der Waals surface area contributed by atoms with Gasteiger partial charge in [-0.05, 0) is 30.8 Å². The minimum Gasteiger partial charge on any atom is -0.355 e. The fraction of sp³-hybridized carbons (Fsp3) is 0.467. The van der Waals surface area contributed by atoms with Gasteiger partial charge in [0, 0.05) is 24.4 Å². The lowest BCUT2D eigenvalue weighted by molar-refractivity contribution is -0.119. The highest BCUT2D eigenvalue weighted by atomic mass is 35.5. The first kappa shape index (κ1) is 18.3. The number of hydrogen-bond acceptors (Lipinski definition) is 6. The Morgan fingerprint density at radius 2 is 2.48 bits per heavy atom. The molecule has 5 nitrogen and oxygen atoms in total. The van der Waals surface area contributed by atoms with Crippen LogP contribution in [-0.2, 0) is 10.5 Å². The summed E-state index contributed by atoms with van der Waals surface area (Å²) in [6.45, 7) is 1.93. The van der Waals surface area contributed by atoms with Crippen molar-refractivity contribution in [2.75, 3.05) is 18.8 Å². The number of aromatic nitrogens is 1. The van der Waals surface area contributed by atoms with Crippen molar-refractivity contribution < 1.29 is 9.32 Å². The third kappa shape index (κ3) is 5.53. The molecular formula is C15H20ClN3O2S2. The number of piperidine rings is 1. The van der Waals surface area contributed by atoms with Gasteiger partial charge in [-0.25, -0.2) is 0 Å². The lowest BCUT2D eigenvalue weighted by Gasteiger charge is -2.23. The fourth-order valence-corrected chi connectivity index (χ4v) is 3.80. The molecule has 0 spiro atoms. The number of nitrogens with zero attached hydrogens (tertiary/aromatic N) is 1. The van der Waals surface area contributed by atoms with E-state index in [9.17, 15) is 4.79 Å². The Morgan fingerprint density at radius 3 is 3.22 bits per heavy atom. The maximum atomic E-state index is 11.9. The molecule has 0 unspecified atom stereocenters. The number of amides is 1. The molecule has 3 rings (SSSR count). The number of thioether (sulfide) groups is 1. The van der Waals surface area contributed by atoms with Crippen LogP contribution in [0.5, 0.6) is 0 Å². The predicted molar refractivity (Wildman–Crippen MR) is 97.3 cm³/mol. The summed E-state index contributed by atoms with van der Waals surface area (Å²) in [4.78, 5) is 13.0. The summed E-state index contributed by atoms with van der Waals surface area (Å²) in [6.07, 6.45) is 2.19. The number of hydrogen-bond donors (Lipinski definition) is 2. The number of nitrogens with one attached hydrogen (secondary N) is 2. The second-order valence-electron chi connectivity index (χ2n) is 5.26. The molecule has 23 heavy (non-hydrogen) atoms. The number of rotatable bonds is 6. The summed E-state index contributed by atoms with van der Waals surface area (Å²) in [6, 6.07) is 6.22. The summed E-state index contributed by atoms with van der Waals surface area (Å²) in [7, 11) is 0. The van der Waals surface area contributed by atoms with Crippen molar-refractivity contribution in [2.45, 2.75) is 24.6 Å². The molecule has 0 aliphatic carbocycles. The second-order valence-corrected chi connectivity index (χ2v) is 7.20. The van der Waals surface area contributed by atoms with Crippen molar-refractivity contribution >= 4 is 41.4 Å². The van der Waals surface area contributed by atoms with Crippen LogP contribution in [0.15, 0.2) is 28.1 Å². The van der Waals surface area contributed by atoms with Gasteiger partial charge in [0.15, 0.2) is 5.76 Å². The van der Waals surface area contributed by atoms with Crippen LogP contribution in [0.25, 0.3) is 10.6 Å². The molecule has 0 bridgehead atoms. The molecule has 0 radical (unpaired) electrons. The smallest absolute Gasteiger partial charge is 0.230 e. The summed E-state index contributed by atoms with van der Waals surface area (Å²) < 4.78 is 5.33. The zero-order chi connectivity index (χ0) is 15.2. The van der Waals surface area contributed by atoms with E-state index >= 15 is 0 Å². The van der Waals surface area contributed by atoms with E-state index in [1.165, 1.54) is 0 Å². The number of carbonyl (C=O) groups is 1. The van der Waals surface area contributed by atoms with Crippen LogP contribution in [0.4, 0.5) is 0 Å². The number of thiophene rings is 1. The van der Waals surface area contributed by atoms with Crippen LogP contribution >= 0.6 is 35.5 Å². The van der Waals surface area contributed by atoms with Gasteiger partial charge in [-0.15, -0.1) is 35.5 Å². The van der Waals surface area contributed by atoms with Crippen molar-refractivity contribution in [3.63, 3.8) is 0 Å². The first-order chi connectivity index (χ1) is 10.8. The molecule has 1 amide bonds. The van der Waals surface area contributed by atoms with Crippen molar-refractivity contribution in [1.82, 2.24) is 15.8 Å². The largest absolute Gasteiger partial charge is 0.355 e. The van der Waals surface area contributed by atoms with Gasteiger partial charge in [0.2, 0.25) is 5.91 Å². The molecule has 1 aliphatic rings. The monoisotopic (exact) mass is 373 g/mol. The molecular weight excluding hydrogens is 354 g/mol. The minimum atomic E-state index is 0. The molecule has 126 valence electrons. The predicted octanol–water partition coefficient (Wildman–Crippen LogP) is 2.93. The quantitative estimate of drug-likeness (QED) is 0.814. The molecule has 1 atom stereocenters. The van der Waals surface area contributed by atoms with Crippen molar-refractivity contribution in [3.8, 4) is 10.6 Å². The number of carbonyl (C=O) groups excluding carboxylic acids is 1. The Morgan fingerprint density at radius 1 is 1.57 bits per heavy atom. The zero-order valence-electron chi connectivity index (χ0n) is 12.6. The Hall–Kier alpha value is -1.02. The van der Waals surface area contributed by atoms with E-state index in [1.807, 2.05) is 23.6 Å². The SMILES string of the molecule is Cl.O=C(CSCc1cc(-c2cccs2)on1)N[C@H]1CCCNC1. The van der Waals surface area contributed by atoms with Crippen molar-refractivity contribution in [1.29, 1.82) is 0 Å². The maximum absolute atomic E-state index is 11.9. The van der Waals surface area contributed by atoms with Gasteiger partial charge in [-0.2, -0.15) is 0 Å². The van der Waals surface area contributed by atoms with Gasteiger partial charge < -0.3 is 15.2 Å². The van der Waals surface area contributed by atoms with E-state index in [2.05, 4.69) is 15.8 Å². The van der Waals surface area contributed by atoms with Gasteiger partial charge in [-0.1, -0.05) is 11.2 Å². The van der Waals surface area contributed by atoms with E-state index in [0.717, 1.165) is 42.3 Å². The highest BCUT2D eigenvalue weighted by Crippen LogP contribution is 2.26. The first-order valence-corrected chi connectivity index (χ1v) is 9.42. The van der Waals surface area contributed by atoms with E-state index in [0.29, 0.717) is 11.5 Å². The Labute approximate surface area is 150 Å². The Balaban J connectivity index is 0.00000192. The van der Waals surface area contributed by atoms with Crippen molar-refractivity contribution in [3.05, 3.63) is 29.3 Å². The van der Waals surface area contributed by atoms with Gasteiger partial charge in [-0.3, -0.25) is 4.79 Å². The van der Waals surface area contributed by atoms with Crippen LogP contribution < -0.4 is 10.6 Å². The van der Waals surface area contributed by atoms with E-state index in [1.54, 1.807) is 23.1 Å². The third-order valence-electron chi connectivity index (χ3n) is 3.47. The average molecular weight is 374 g/mol. The van der Waals surface area contributed by atoms with Gasteiger partial charge in [0.25, 0.3) is 0 Å². The topological polar surface area (TPSA) is 67.2 Å². The molecule has 2 N–H and O–H groups in total. The third-order valence-corrected chi connectivity index (χ3v) is 5.32.